The van der Waals surface area contributed by atoms with Crippen molar-refractivity contribution in [1.29, 1.82) is 0 Å². The predicted octanol–water partition coefficient (Wildman–Crippen LogP) is 2.26. The molecule has 0 saturated heterocycles. The second-order valence-electron chi connectivity index (χ2n) is 4.33. The first-order valence-corrected chi connectivity index (χ1v) is 6.50. The van der Waals surface area contributed by atoms with Crippen molar-refractivity contribution in [3.8, 4) is 5.75 Å². The number of nitro benzene ring substituents is 1. The molecule has 2 aromatic carbocycles. The van der Waals surface area contributed by atoms with E-state index in [4.69, 9.17) is 4.74 Å². The third-order valence-corrected chi connectivity index (χ3v) is 2.72. The molecule has 2 aromatic rings. The zero-order chi connectivity index (χ0) is 16.7. The normalized spacial score (nSPS) is 10.5. The van der Waals surface area contributed by atoms with Crippen LogP contribution in [0.25, 0.3) is 0 Å². The third kappa shape index (κ3) is 4.60. The van der Waals surface area contributed by atoms with Crippen LogP contribution in [0.5, 0.6) is 5.75 Å². The van der Waals surface area contributed by atoms with E-state index in [2.05, 4.69) is 10.5 Å². The number of amides is 1. The number of nitrogens with one attached hydrogen (secondary N) is 1. The van der Waals surface area contributed by atoms with E-state index in [1.54, 1.807) is 12.1 Å². The average molecular weight is 317 g/mol. The minimum atomic E-state index is -0.622. The van der Waals surface area contributed by atoms with Crippen molar-refractivity contribution in [2.24, 2.45) is 5.10 Å². The standard InChI is InChI=1S/C15H12FN3O4/c16-12-6-2-4-8-14(12)23-10-15(20)18-17-9-11-5-1-3-7-13(11)19(21)22/h1-9H,10H2,(H,18,20)/b17-9-. The highest BCUT2D eigenvalue weighted by Gasteiger charge is 2.10. The maximum atomic E-state index is 13.3. The van der Waals surface area contributed by atoms with Gasteiger partial charge in [0.05, 0.1) is 16.7 Å². The Morgan fingerprint density at radius 2 is 1.96 bits per heavy atom. The van der Waals surface area contributed by atoms with Crippen LogP contribution < -0.4 is 10.2 Å². The molecule has 7 nitrogen and oxygen atoms in total. The number of para-hydroxylation sites is 2. The summed E-state index contributed by atoms with van der Waals surface area (Å²) in [6, 6.07) is 11.6. The molecule has 0 fully saturated rings. The molecule has 0 aliphatic rings. The maximum Gasteiger partial charge on any atom is 0.278 e. The van der Waals surface area contributed by atoms with Crippen molar-refractivity contribution in [3.05, 3.63) is 70.0 Å². The molecule has 0 aromatic heterocycles. The van der Waals surface area contributed by atoms with Crippen molar-refractivity contribution < 1.29 is 18.8 Å². The highest BCUT2D eigenvalue weighted by molar-refractivity contribution is 5.86. The summed E-state index contributed by atoms with van der Waals surface area (Å²) >= 11 is 0. The fourth-order valence-corrected chi connectivity index (χ4v) is 1.67. The lowest BCUT2D eigenvalue weighted by Gasteiger charge is -2.05. The zero-order valence-corrected chi connectivity index (χ0v) is 11.8. The monoisotopic (exact) mass is 317 g/mol. The summed E-state index contributed by atoms with van der Waals surface area (Å²) in [5, 5.41) is 14.4. The molecule has 0 atom stereocenters. The van der Waals surface area contributed by atoms with Gasteiger partial charge in [0.2, 0.25) is 0 Å². The van der Waals surface area contributed by atoms with Crippen LogP contribution in [0.4, 0.5) is 10.1 Å². The zero-order valence-electron chi connectivity index (χ0n) is 11.8. The Morgan fingerprint density at radius 3 is 2.70 bits per heavy atom. The van der Waals surface area contributed by atoms with Crippen LogP contribution in [0.3, 0.4) is 0 Å². The van der Waals surface area contributed by atoms with Crippen LogP contribution in [0.1, 0.15) is 5.56 Å². The number of nitro groups is 1. The molecule has 0 unspecified atom stereocenters. The molecule has 118 valence electrons. The molecule has 0 radical (unpaired) electrons. The Labute approximate surface area is 130 Å². The molecule has 0 aliphatic heterocycles. The van der Waals surface area contributed by atoms with Crippen molar-refractivity contribution in [3.63, 3.8) is 0 Å². The first-order chi connectivity index (χ1) is 11.1. The summed E-state index contributed by atoms with van der Waals surface area (Å²) in [5.41, 5.74) is 2.26. The van der Waals surface area contributed by atoms with Crippen molar-refractivity contribution in [1.82, 2.24) is 5.43 Å². The lowest BCUT2D eigenvalue weighted by molar-refractivity contribution is -0.385. The Hall–Kier alpha value is -3.29. The number of carbonyl (C=O) groups excluding carboxylic acids is 1. The van der Waals surface area contributed by atoms with Crippen LogP contribution in [0.15, 0.2) is 53.6 Å². The molecule has 0 bridgehead atoms. The van der Waals surface area contributed by atoms with E-state index in [-0.39, 0.29) is 17.0 Å². The first kappa shape index (κ1) is 16.1. The summed E-state index contributed by atoms with van der Waals surface area (Å²) in [6.45, 7) is -0.435. The number of hydrogen-bond donors (Lipinski definition) is 1. The molecule has 8 heteroatoms. The SMILES string of the molecule is O=C(COc1ccccc1F)N/N=C\c1ccccc1[N+](=O)[O-]. The van der Waals surface area contributed by atoms with Gasteiger partial charge in [0, 0.05) is 6.07 Å². The van der Waals surface area contributed by atoms with Gasteiger partial charge in [-0.15, -0.1) is 0 Å². The molecule has 0 saturated carbocycles. The fraction of sp³-hybridized carbons (Fsp3) is 0.0667. The second kappa shape index (κ2) is 7.64. The second-order valence-corrected chi connectivity index (χ2v) is 4.33. The maximum absolute atomic E-state index is 13.3. The third-order valence-electron chi connectivity index (χ3n) is 2.72. The van der Waals surface area contributed by atoms with Gasteiger partial charge >= 0.3 is 0 Å². The number of carbonyl (C=O) groups is 1. The van der Waals surface area contributed by atoms with Gasteiger partial charge in [-0.2, -0.15) is 5.10 Å². The minimum absolute atomic E-state index is 0.0506. The molecule has 0 heterocycles. The molecule has 0 aliphatic carbocycles. The largest absolute Gasteiger partial charge is 0.481 e. The van der Waals surface area contributed by atoms with Gasteiger partial charge in [-0.25, -0.2) is 9.82 Å². The molecule has 2 rings (SSSR count). The fourth-order valence-electron chi connectivity index (χ4n) is 1.67. The average Bonchev–Trinajstić information content (AvgIpc) is 2.54. The van der Waals surface area contributed by atoms with E-state index < -0.39 is 23.3 Å². The first-order valence-electron chi connectivity index (χ1n) is 6.50. The summed E-state index contributed by atoms with van der Waals surface area (Å²) in [7, 11) is 0. The highest BCUT2D eigenvalue weighted by Crippen LogP contribution is 2.15. The lowest BCUT2D eigenvalue weighted by Crippen LogP contribution is -2.24. The van der Waals surface area contributed by atoms with Crippen LogP contribution in [-0.4, -0.2) is 23.7 Å². The number of halogens is 1. The predicted molar refractivity (Wildman–Crippen MR) is 80.7 cm³/mol. The van der Waals surface area contributed by atoms with E-state index in [0.717, 1.165) is 6.21 Å². The van der Waals surface area contributed by atoms with Crippen LogP contribution in [0, 0.1) is 15.9 Å². The van der Waals surface area contributed by atoms with E-state index in [0.29, 0.717) is 0 Å². The Morgan fingerprint density at radius 1 is 1.26 bits per heavy atom. The van der Waals surface area contributed by atoms with Gasteiger partial charge in [0.15, 0.2) is 18.2 Å². The summed E-state index contributed by atoms with van der Waals surface area (Å²) in [4.78, 5) is 21.8. The quantitative estimate of drug-likeness (QED) is 0.502. The smallest absolute Gasteiger partial charge is 0.278 e. The minimum Gasteiger partial charge on any atom is -0.481 e. The number of benzene rings is 2. The Balaban J connectivity index is 1.90. The van der Waals surface area contributed by atoms with Gasteiger partial charge in [-0.1, -0.05) is 24.3 Å². The van der Waals surface area contributed by atoms with Crippen LogP contribution in [-0.2, 0) is 4.79 Å². The molecule has 1 amide bonds. The Kier molecular flexibility index (Phi) is 5.35. The van der Waals surface area contributed by atoms with E-state index in [1.165, 1.54) is 36.4 Å². The summed E-state index contributed by atoms with van der Waals surface area (Å²) < 4.78 is 18.3. The molecular weight excluding hydrogens is 305 g/mol. The van der Waals surface area contributed by atoms with Gasteiger partial charge in [-0.05, 0) is 18.2 Å². The number of ether oxygens (including phenoxy) is 1. The number of hydrazone groups is 1. The van der Waals surface area contributed by atoms with E-state index >= 15 is 0 Å². The number of nitrogens with zero attached hydrogens (tertiary/aromatic N) is 2. The van der Waals surface area contributed by atoms with Crippen LogP contribution in [0.2, 0.25) is 0 Å². The number of rotatable bonds is 6. The van der Waals surface area contributed by atoms with Gasteiger partial charge in [0.25, 0.3) is 11.6 Å². The topological polar surface area (TPSA) is 93.8 Å². The summed E-state index contributed by atoms with van der Waals surface area (Å²) in [5.74, 6) is -1.25. The summed E-state index contributed by atoms with van der Waals surface area (Å²) in [6.07, 6.45) is 1.15. The highest BCUT2D eigenvalue weighted by atomic mass is 19.1. The van der Waals surface area contributed by atoms with Crippen molar-refractivity contribution in [2.45, 2.75) is 0 Å². The molecule has 23 heavy (non-hydrogen) atoms. The van der Waals surface area contributed by atoms with E-state index in [1.807, 2.05) is 0 Å². The molecule has 0 spiro atoms. The van der Waals surface area contributed by atoms with Gasteiger partial charge < -0.3 is 4.74 Å². The Bertz CT molecular complexity index is 749. The van der Waals surface area contributed by atoms with Crippen LogP contribution >= 0.6 is 0 Å². The van der Waals surface area contributed by atoms with Gasteiger partial charge in [0.1, 0.15) is 0 Å². The van der Waals surface area contributed by atoms with Gasteiger partial charge in [-0.3, -0.25) is 14.9 Å². The lowest BCUT2D eigenvalue weighted by atomic mass is 10.2. The van der Waals surface area contributed by atoms with Crippen molar-refractivity contribution >= 4 is 17.8 Å². The molecular formula is C15H12FN3O4. The number of hydrogen-bond acceptors (Lipinski definition) is 5. The van der Waals surface area contributed by atoms with E-state index in [9.17, 15) is 19.3 Å². The van der Waals surface area contributed by atoms with Crippen molar-refractivity contribution in [2.75, 3.05) is 6.61 Å². The molecule has 1 N–H and O–H groups in total.